The van der Waals surface area contributed by atoms with Crippen molar-refractivity contribution in [3.05, 3.63) is 12.4 Å². The van der Waals surface area contributed by atoms with Crippen LogP contribution in [0.3, 0.4) is 0 Å². The molecule has 0 saturated carbocycles. The quantitative estimate of drug-likeness (QED) is 0.743. The topological polar surface area (TPSA) is 55.9 Å². The van der Waals surface area contributed by atoms with Crippen molar-refractivity contribution >= 4 is 5.69 Å². The van der Waals surface area contributed by atoms with E-state index in [1.807, 2.05) is 19.4 Å². The van der Waals surface area contributed by atoms with Gasteiger partial charge in [0.2, 0.25) is 0 Å². The number of aromatic nitrogens is 2. The van der Waals surface area contributed by atoms with Crippen LogP contribution in [0.15, 0.2) is 12.4 Å². The van der Waals surface area contributed by atoms with E-state index in [4.69, 9.17) is 5.73 Å². The number of nitrogens with two attached hydrogens (primary N) is 1. The van der Waals surface area contributed by atoms with Gasteiger partial charge in [0.1, 0.15) is 0 Å². The summed E-state index contributed by atoms with van der Waals surface area (Å²) in [6, 6.07) is 0. The molecule has 4 nitrogen and oxygen atoms in total. The van der Waals surface area contributed by atoms with Gasteiger partial charge in [-0.05, 0) is 31.2 Å². The second-order valence-corrected chi connectivity index (χ2v) is 4.85. The van der Waals surface area contributed by atoms with Crippen LogP contribution in [-0.4, -0.2) is 22.9 Å². The van der Waals surface area contributed by atoms with E-state index in [9.17, 15) is 0 Å². The first-order valence-electron chi connectivity index (χ1n) is 6.04. The number of aryl methyl sites for hydroxylation is 1. The molecule has 0 saturated heterocycles. The predicted molar refractivity (Wildman–Crippen MR) is 68.3 cm³/mol. The summed E-state index contributed by atoms with van der Waals surface area (Å²) in [6.45, 7) is 6.25. The van der Waals surface area contributed by atoms with Gasteiger partial charge in [0.15, 0.2) is 0 Å². The molecule has 1 aromatic heterocycles. The molecule has 0 bridgehead atoms. The van der Waals surface area contributed by atoms with E-state index in [2.05, 4.69) is 24.3 Å². The summed E-state index contributed by atoms with van der Waals surface area (Å²) in [5.41, 5.74) is 6.85. The van der Waals surface area contributed by atoms with Crippen LogP contribution in [0.5, 0.6) is 0 Å². The molecule has 0 aliphatic carbocycles. The number of rotatable bonds is 7. The van der Waals surface area contributed by atoms with E-state index >= 15 is 0 Å². The SMILES string of the molecule is CC(C)CC(CN)CCNc1cnn(C)c1. The van der Waals surface area contributed by atoms with Crippen molar-refractivity contribution in [2.75, 3.05) is 18.4 Å². The summed E-state index contributed by atoms with van der Waals surface area (Å²) in [4.78, 5) is 0. The summed E-state index contributed by atoms with van der Waals surface area (Å²) < 4.78 is 1.80. The molecular formula is C12H24N4. The largest absolute Gasteiger partial charge is 0.382 e. The highest BCUT2D eigenvalue weighted by atomic mass is 15.3. The Labute approximate surface area is 98.2 Å². The average molecular weight is 224 g/mol. The van der Waals surface area contributed by atoms with Gasteiger partial charge in [-0.15, -0.1) is 0 Å². The highest BCUT2D eigenvalue weighted by Crippen LogP contribution is 2.14. The number of hydrogen-bond donors (Lipinski definition) is 2. The lowest BCUT2D eigenvalue weighted by Gasteiger charge is -2.17. The highest BCUT2D eigenvalue weighted by molar-refractivity contribution is 5.37. The van der Waals surface area contributed by atoms with Gasteiger partial charge >= 0.3 is 0 Å². The molecule has 92 valence electrons. The van der Waals surface area contributed by atoms with E-state index in [1.54, 1.807) is 4.68 Å². The molecule has 0 aromatic carbocycles. The third-order valence-electron chi connectivity index (χ3n) is 2.72. The fourth-order valence-corrected chi connectivity index (χ4v) is 1.93. The molecule has 0 aliphatic heterocycles. The zero-order chi connectivity index (χ0) is 12.0. The van der Waals surface area contributed by atoms with Crippen LogP contribution in [0.2, 0.25) is 0 Å². The summed E-state index contributed by atoms with van der Waals surface area (Å²) in [7, 11) is 1.92. The maximum Gasteiger partial charge on any atom is 0.0726 e. The summed E-state index contributed by atoms with van der Waals surface area (Å²) in [5.74, 6) is 1.36. The van der Waals surface area contributed by atoms with Gasteiger partial charge in [-0.3, -0.25) is 4.68 Å². The van der Waals surface area contributed by atoms with Gasteiger partial charge in [-0.1, -0.05) is 13.8 Å². The lowest BCUT2D eigenvalue weighted by molar-refractivity contribution is 0.402. The van der Waals surface area contributed by atoms with Crippen molar-refractivity contribution in [1.82, 2.24) is 9.78 Å². The van der Waals surface area contributed by atoms with E-state index in [1.165, 1.54) is 6.42 Å². The van der Waals surface area contributed by atoms with Gasteiger partial charge in [-0.2, -0.15) is 5.10 Å². The first-order chi connectivity index (χ1) is 7.61. The lowest BCUT2D eigenvalue weighted by atomic mass is 9.94. The van der Waals surface area contributed by atoms with Gasteiger partial charge in [0.05, 0.1) is 11.9 Å². The van der Waals surface area contributed by atoms with Crippen molar-refractivity contribution in [2.24, 2.45) is 24.6 Å². The van der Waals surface area contributed by atoms with Crippen molar-refractivity contribution < 1.29 is 0 Å². The second-order valence-electron chi connectivity index (χ2n) is 4.85. The molecule has 1 aromatic rings. The Balaban J connectivity index is 2.23. The Kier molecular flexibility index (Phi) is 5.32. The zero-order valence-corrected chi connectivity index (χ0v) is 10.6. The van der Waals surface area contributed by atoms with Crippen molar-refractivity contribution in [1.29, 1.82) is 0 Å². The smallest absolute Gasteiger partial charge is 0.0726 e. The molecule has 1 heterocycles. The lowest BCUT2D eigenvalue weighted by Crippen LogP contribution is -2.19. The predicted octanol–water partition coefficient (Wildman–Crippen LogP) is 1.84. The molecule has 16 heavy (non-hydrogen) atoms. The Morgan fingerprint density at radius 3 is 2.75 bits per heavy atom. The van der Waals surface area contributed by atoms with Crippen molar-refractivity contribution in [3.8, 4) is 0 Å². The molecular weight excluding hydrogens is 200 g/mol. The molecule has 1 rings (SSSR count). The zero-order valence-electron chi connectivity index (χ0n) is 10.6. The number of hydrogen-bond acceptors (Lipinski definition) is 3. The Hall–Kier alpha value is -1.03. The van der Waals surface area contributed by atoms with E-state index in [0.29, 0.717) is 5.92 Å². The van der Waals surface area contributed by atoms with Crippen LogP contribution in [0.25, 0.3) is 0 Å². The van der Waals surface area contributed by atoms with Gasteiger partial charge < -0.3 is 11.1 Å². The Bertz CT molecular complexity index is 293. The molecule has 1 unspecified atom stereocenters. The molecule has 1 atom stereocenters. The first-order valence-corrected chi connectivity index (χ1v) is 6.04. The third-order valence-corrected chi connectivity index (χ3v) is 2.72. The minimum Gasteiger partial charge on any atom is -0.382 e. The van der Waals surface area contributed by atoms with Gasteiger partial charge in [-0.25, -0.2) is 0 Å². The molecule has 4 heteroatoms. The molecule has 0 fully saturated rings. The first kappa shape index (κ1) is 13.0. The minimum atomic E-state index is 0.629. The maximum atomic E-state index is 5.76. The average Bonchev–Trinajstić information content (AvgIpc) is 2.62. The van der Waals surface area contributed by atoms with Gasteiger partial charge in [0.25, 0.3) is 0 Å². The maximum absolute atomic E-state index is 5.76. The van der Waals surface area contributed by atoms with E-state index < -0.39 is 0 Å². The van der Waals surface area contributed by atoms with Crippen LogP contribution in [0.4, 0.5) is 5.69 Å². The molecule has 0 amide bonds. The highest BCUT2D eigenvalue weighted by Gasteiger charge is 2.08. The van der Waals surface area contributed by atoms with Gasteiger partial charge in [0, 0.05) is 19.8 Å². The summed E-state index contributed by atoms with van der Waals surface area (Å²) >= 11 is 0. The van der Waals surface area contributed by atoms with Crippen LogP contribution in [-0.2, 0) is 7.05 Å². The Morgan fingerprint density at radius 2 is 2.25 bits per heavy atom. The fourth-order valence-electron chi connectivity index (χ4n) is 1.93. The van der Waals surface area contributed by atoms with E-state index in [-0.39, 0.29) is 0 Å². The van der Waals surface area contributed by atoms with Crippen molar-refractivity contribution in [3.63, 3.8) is 0 Å². The molecule has 0 radical (unpaired) electrons. The molecule has 0 aliphatic rings. The number of anilines is 1. The molecule has 0 spiro atoms. The molecule has 3 N–H and O–H groups in total. The van der Waals surface area contributed by atoms with Crippen molar-refractivity contribution in [2.45, 2.75) is 26.7 Å². The van der Waals surface area contributed by atoms with Crippen LogP contribution < -0.4 is 11.1 Å². The minimum absolute atomic E-state index is 0.629. The second kappa shape index (κ2) is 6.53. The number of nitrogens with zero attached hydrogens (tertiary/aromatic N) is 2. The summed E-state index contributed by atoms with van der Waals surface area (Å²) in [6.07, 6.45) is 6.18. The monoisotopic (exact) mass is 224 g/mol. The third kappa shape index (κ3) is 4.66. The number of nitrogens with one attached hydrogen (secondary N) is 1. The fraction of sp³-hybridized carbons (Fsp3) is 0.750. The van der Waals surface area contributed by atoms with E-state index in [0.717, 1.165) is 31.1 Å². The van der Waals surface area contributed by atoms with Crippen LogP contribution in [0.1, 0.15) is 26.7 Å². The summed E-state index contributed by atoms with van der Waals surface area (Å²) in [5, 5.41) is 7.48. The standard InChI is InChI=1S/C12H24N4/c1-10(2)6-11(7-13)4-5-14-12-8-15-16(3)9-12/h8-11,14H,4-7,13H2,1-3H3. The normalized spacial score (nSPS) is 13.1. The van der Waals surface area contributed by atoms with Crippen LogP contribution >= 0.6 is 0 Å². The Morgan fingerprint density at radius 1 is 1.50 bits per heavy atom. The van der Waals surface area contributed by atoms with Crippen LogP contribution in [0, 0.1) is 11.8 Å².